The Morgan fingerprint density at radius 3 is 3.13 bits per heavy atom. The van der Waals surface area contributed by atoms with E-state index in [2.05, 4.69) is 15.0 Å². The molecule has 2 aromatic rings. The minimum Gasteiger partial charge on any atom is -0.380 e. The van der Waals surface area contributed by atoms with Crippen LogP contribution < -0.4 is 0 Å². The third-order valence-corrected chi connectivity index (χ3v) is 4.03. The molecule has 1 amide bonds. The molecule has 7 heteroatoms. The molecule has 0 aromatic carbocycles. The van der Waals surface area contributed by atoms with Gasteiger partial charge in [0.05, 0.1) is 30.1 Å². The number of aromatic amines is 1. The van der Waals surface area contributed by atoms with E-state index in [-0.39, 0.29) is 24.5 Å². The normalized spacial score (nSPS) is 20.4. The predicted octanol–water partition coefficient (Wildman–Crippen LogP) is 1.67. The summed E-state index contributed by atoms with van der Waals surface area (Å²) in [5.41, 5.74) is 1.78. The molecule has 0 radical (unpaired) electrons. The van der Waals surface area contributed by atoms with Crippen LogP contribution in [0.25, 0.3) is 11.3 Å². The minimum atomic E-state index is -0.203. The summed E-state index contributed by atoms with van der Waals surface area (Å²) in [6.45, 7) is 0.477. The first-order chi connectivity index (χ1) is 11.2. The molecular weight excluding hydrogens is 294 g/mol. The fourth-order valence-electron chi connectivity index (χ4n) is 2.85. The van der Waals surface area contributed by atoms with E-state index in [0.29, 0.717) is 18.8 Å². The van der Waals surface area contributed by atoms with Crippen LogP contribution in [0, 0.1) is 11.3 Å². The van der Waals surface area contributed by atoms with Gasteiger partial charge in [0.2, 0.25) is 5.91 Å². The summed E-state index contributed by atoms with van der Waals surface area (Å²) in [6.07, 6.45) is 5.68. The van der Waals surface area contributed by atoms with Crippen LogP contribution in [0.1, 0.15) is 24.7 Å². The molecule has 1 aliphatic heterocycles. The lowest BCUT2D eigenvalue weighted by Gasteiger charge is -2.21. The van der Waals surface area contributed by atoms with Crippen molar-refractivity contribution in [3.8, 4) is 17.3 Å². The molecule has 1 N–H and O–H groups in total. The fraction of sp³-hybridized carbons (Fsp3) is 0.375. The number of hydrogen-bond acceptors (Lipinski definition) is 5. The second-order valence-electron chi connectivity index (χ2n) is 5.41. The van der Waals surface area contributed by atoms with Crippen LogP contribution in [0.4, 0.5) is 0 Å². The first-order valence-corrected chi connectivity index (χ1v) is 7.37. The smallest absolute Gasteiger partial charge is 0.237 e. The molecule has 1 saturated heterocycles. The van der Waals surface area contributed by atoms with E-state index in [0.717, 1.165) is 11.3 Å². The average Bonchev–Trinajstić information content (AvgIpc) is 3.22. The number of aromatic nitrogens is 3. The number of carbonyl (C=O) groups excluding carboxylic acids is 1. The number of imidazole rings is 1. The van der Waals surface area contributed by atoms with Gasteiger partial charge in [-0.05, 0) is 12.1 Å². The maximum Gasteiger partial charge on any atom is 0.237 e. The summed E-state index contributed by atoms with van der Waals surface area (Å²) in [4.78, 5) is 25.6. The van der Waals surface area contributed by atoms with Crippen molar-refractivity contribution in [1.29, 1.82) is 5.26 Å². The minimum absolute atomic E-state index is 0.0467. The van der Waals surface area contributed by atoms with Gasteiger partial charge in [0.1, 0.15) is 12.2 Å². The Labute approximate surface area is 133 Å². The lowest BCUT2D eigenvalue weighted by atomic mass is 10.2. The number of nitriles is 1. The molecule has 7 nitrogen and oxygen atoms in total. The molecule has 118 valence electrons. The van der Waals surface area contributed by atoms with Crippen LogP contribution in [-0.2, 0) is 9.53 Å². The highest BCUT2D eigenvalue weighted by Gasteiger charge is 2.37. The number of ether oxygens (including phenoxy) is 1. The van der Waals surface area contributed by atoms with Gasteiger partial charge in [-0.1, -0.05) is 0 Å². The van der Waals surface area contributed by atoms with Gasteiger partial charge in [-0.2, -0.15) is 5.26 Å². The third kappa shape index (κ3) is 3.07. The molecule has 1 fully saturated rings. The molecule has 0 saturated carbocycles. The second kappa shape index (κ2) is 6.58. The molecule has 0 spiro atoms. The SMILES string of the molecule is CO[C@@H]1C[C@@H](c2ncc(-c3cccnc3)[nH]2)N(C(=O)CC#N)C1. The van der Waals surface area contributed by atoms with E-state index in [1.807, 2.05) is 18.2 Å². The molecule has 1 aliphatic rings. The summed E-state index contributed by atoms with van der Waals surface area (Å²) >= 11 is 0. The second-order valence-corrected chi connectivity index (χ2v) is 5.41. The maximum absolute atomic E-state index is 12.2. The van der Waals surface area contributed by atoms with Crippen LogP contribution >= 0.6 is 0 Å². The van der Waals surface area contributed by atoms with Crippen LogP contribution in [0.2, 0.25) is 0 Å². The van der Waals surface area contributed by atoms with Crippen molar-refractivity contribution in [3.05, 3.63) is 36.5 Å². The summed E-state index contributed by atoms with van der Waals surface area (Å²) in [6, 6.07) is 5.50. The van der Waals surface area contributed by atoms with Gasteiger partial charge in [-0.3, -0.25) is 9.78 Å². The van der Waals surface area contributed by atoms with Crippen LogP contribution in [0.3, 0.4) is 0 Å². The number of pyridine rings is 1. The standard InChI is InChI=1S/C16H17N5O2/c1-23-12-7-14(21(10-12)15(22)4-5-17)16-19-9-13(20-16)11-3-2-6-18-8-11/h2-3,6,8-9,12,14H,4,7,10H2,1H3,(H,19,20)/t12-,14+/m1/s1. The Morgan fingerprint density at radius 2 is 2.43 bits per heavy atom. The van der Waals surface area contributed by atoms with E-state index in [1.54, 1.807) is 30.6 Å². The van der Waals surface area contributed by atoms with E-state index in [9.17, 15) is 4.79 Å². The van der Waals surface area contributed by atoms with Crippen LogP contribution in [0.5, 0.6) is 0 Å². The van der Waals surface area contributed by atoms with Gasteiger partial charge in [0, 0.05) is 38.0 Å². The zero-order chi connectivity index (χ0) is 16.2. The lowest BCUT2D eigenvalue weighted by Crippen LogP contribution is -2.32. The van der Waals surface area contributed by atoms with Crippen molar-refractivity contribution < 1.29 is 9.53 Å². The van der Waals surface area contributed by atoms with Crippen LogP contribution in [0.15, 0.2) is 30.7 Å². The Kier molecular flexibility index (Phi) is 4.35. The fourth-order valence-corrected chi connectivity index (χ4v) is 2.85. The van der Waals surface area contributed by atoms with E-state index >= 15 is 0 Å². The van der Waals surface area contributed by atoms with Crippen molar-refractivity contribution in [2.45, 2.75) is 25.0 Å². The number of H-pyrrole nitrogens is 1. The number of nitrogens with zero attached hydrogens (tertiary/aromatic N) is 4. The molecule has 2 atom stereocenters. The number of rotatable bonds is 4. The van der Waals surface area contributed by atoms with E-state index < -0.39 is 0 Å². The number of likely N-dealkylation sites (tertiary alicyclic amines) is 1. The third-order valence-electron chi connectivity index (χ3n) is 4.03. The van der Waals surface area contributed by atoms with Gasteiger partial charge >= 0.3 is 0 Å². The van der Waals surface area contributed by atoms with Gasteiger partial charge < -0.3 is 14.6 Å². The molecule has 3 rings (SSSR count). The maximum atomic E-state index is 12.2. The average molecular weight is 311 g/mol. The highest BCUT2D eigenvalue weighted by molar-refractivity contribution is 5.79. The highest BCUT2D eigenvalue weighted by atomic mass is 16.5. The molecular formula is C16H17N5O2. The number of methoxy groups -OCH3 is 1. The number of nitrogens with one attached hydrogen (secondary N) is 1. The first kappa shape index (κ1) is 15.2. The quantitative estimate of drug-likeness (QED) is 0.926. The van der Waals surface area contributed by atoms with Gasteiger partial charge in [0.25, 0.3) is 0 Å². The Hall–Kier alpha value is -2.72. The number of amides is 1. The zero-order valence-electron chi connectivity index (χ0n) is 12.8. The van der Waals surface area contributed by atoms with Crippen molar-refractivity contribution in [2.75, 3.05) is 13.7 Å². The van der Waals surface area contributed by atoms with Crippen molar-refractivity contribution in [1.82, 2.24) is 19.9 Å². The molecule has 0 bridgehead atoms. The summed E-state index contributed by atoms with van der Waals surface area (Å²) < 4.78 is 5.38. The predicted molar refractivity (Wildman–Crippen MR) is 81.9 cm³/mol. The molecule has 2 aromatic heterocycles. The van der Waals surface area contributed by atoms with E-state index in [1.165, 1.54) is 0 Å². The van der Waals surface area contributed by atoms with Gasteiger partial charge in [-0.25, -0.2) is 4.98 Å². The first-order valence-electron chi connectivity index (χ1n) is 7.37. The molecule has 23 heavy (non-hydrogen) atoms. The topological polar surface area (TPSA) is 94.9 Å². The Balaban J connectivity index is 1.86. The summed E-state index contributed by atoms with van der Waals surface area (Å²) in [7, 11) is 1.63. The summed E-state index contributed by atoms with van der Waals surface area (Å²) in [5, 5.41) is 8.77. The van der Waals surface area contributed by atoms with Gasteiger partial charge in [0.15, 0.2) is 0 Å². The van der Waals surface area contributed by atoms with Crippen molar-refractivity contribution in [2.24, 2.45) is 0 Å². The molecule has 3 heterocycles. The summed E-state index contributed by atoms with van der Waals surface area (Å²) in [5.74, 6) is 0.506. The molecule has 0 unspecified atom stereocenters. The van der Waals surface area contributed by atoms with Crippen LogP contribution in [-0.4, -0.2) is 45.5 Å². The number of hydrogen-bond donors (Lipinski definition) is 1. The largest absolute Gasteiger partial charge is 0.380 e. The molecule has 0 aliphatic carbocycles. The zero-order valence-corrected chi connectivity index (χ0v) is 12.8. The lowest BCUT2D eigenvalue weighted by molar-refractivity contribution is -0.131. The Morgan fingerprint density at radius 1 is 1.57 bits per heavy atom. The van der Waals surface area contributed by atoms with Crippen molar-refractivity contribution in [3.63, 3.8) is 0 Å². The highest BCUT2D eigenvalue weighted by Crippen LogP contribution is 2.33. The Bertz CT molecular complexity index is 722. The van der Waals surface area contributed by atoms with E-state index in [4.69, 9.17) is 10.00 Å². The number of carbonyl (C=O) groups is 1. The monoisotopic (exact) mass is 311 g/mol. The van der Waals surface area contributed by atoms with Crippen molar-refractivity contribution >= 4 is 5.91 Å². The van der Waals surface area contributed by atoms with Gasteiger partial charge in [-0.15, -0.1) is 0 Å².